The van der Waals surface area contributed by atoms with Gasteiger partial charge >= 0.3 is 0 Å². The normalized spacial score (nSPS) is 14.3. The predicted octanol–water partition coefficient (Wildman–Crippen LogP) is 1.61. The Hall–Kier alpha value is -2.98. The van der Waals surface area contributed by atoms with Crippen LogP contribution in [0.4, 0.5) is 5.88 Å². The van der Waals surface area contributed by atoms with Gasteiger partial charge in [-0.05, 0) is 6.07 Å². The first kappa shape index (κ1) is 17.4. The number of rotatable bonds is 5. The number of primary amides is 1. The van der Waals surface area contributed by atoms with Gasteiger partial charge in [-0.25, -0.2) is 19.9 Å². The summed E-state index contributed by atoms with van der Waals surface area (Å²) in [7, 11) is 0. The van der Waals surface area contributed by atoms with Crippen molar-refractivity contribution >= 4 is 23.6 Å². The summed E-state index contributed by atoms with van der Waals surface area (Å²) in [6.07, 6.45) is 7.88. The molecule has 0 radical (unpaired) electrons. The van der Waals surface area contributed by atoms with E-state index in [0.717, 1.165) is 9.79 Å². The molecule has 2 N–H and O–H groups in total. The van der Waals surface area contributed by atoms with E-state index in [1.807, 2.05) is 4.90 Å². The summed E-state index contributed by atoms with van der Waals surface area (Å²) in [6.45, 7) is 2.45. The van der Waals surface area contributed by atoms with Crippen molar-refractivity contribution in [3.8, 4) is 11.3 Å². The quantitative estimate of drug-likeness (QED) is 0.699. The number of nitrogens with two attached hydrogens (primary N) is 1. The molecule has 3 aromatic rings. The molecule has 27 heavy (non-hydrogen) atoms. The predicted molar refractivity (Wildman–Crippen MR) is 97.4 cm³/mol. The fraction of sp³-hybridized carbons (Fsp3) is 0.235. The van der Waals surface area contributed by atoms with Crippen LogP contribution in [0.3, 0.4) is 0 Å². The van der Waals surface area contributed by atoms with Crippen LogP contribution in [0.5, 0.6) is 0 Å². The van der Waals surface area contributed by atoms with Gasteiger partial charge in [-0.3, -0.25) is 4.79 Å². The van der Waals surface area contributed by atoms with E-state index in [9.17, 15) is 4.79 Å². The summed E-state index contributed by atoms with van der Waals surface area (Å²) in [5.74, 6) is -0.0293. The third kappa shape index (κ3) is 3.62. The standard InChI is InChI=1S/C17H16N6O3S/c18-16(24)14-13(12-1-2-19-10-22-12)15(27-11-7-20-9-21-8-11)17(26-14)23-3-5-25-6-4-23/h1-2,7-10H,3-6H2,(H2,18,24). The summed E-state index contributed by atoms with van der Waals surface area (Å²) in [5, 5.41) is 0. The Morgan fingerprint density at radius 2 is 1.93 bits per heavy atom. The molecule has 0 aliphatic carbocycles. The first-order valence-electron chi connectivity index (χ1n) is 8.22. The molecule has 138 valence electrons. The monoisotopic (exact) mass is 384 g/mol. The molecule has 4 heterocycles. The van der Waals surface area contributed by atoms with E-state index in [0.29, 0.717) is 43.4 Å². The minimum absolute atomic E-state index is 0.0644. The number of hydrogen-bond donors (Lipinski definition) is 1. The van der Waals surface area contributed by atoms with Crippen molar-refractivity contribution in [1.82, 2.24) is 19.9 Å². The summed E-state index contributed by atoms with van der Waals surface area (Å²) in [5.41, 5.74) is 6.70. The van der Waals surface area contributed by atoms with Gasteiger partial charge in [0.1, 0.15) is 12.7 Å². The molecular formula is C17H16N6O3S. The summed E-state index contributed by atoms with van der Waals surface area (Å²) >= 11 is 1.40. The lowest BCUT2D eigenvalue weighted by Crippen LogP contribution is -2.36. The average molecular weight is 384 g/mol. The SMILES string of the molecule is NC(=O)c1oc(N2CCOCC2)c(Sc2cncnc2)c1-c1ccncn1. The Morgan fingerprint density at radius 1 is 1.15 bits per heavy atom. The number of ether oxygens (including phenoxy) is 1. The fourth-order valence-corrected chi connectivity index (χ4v) is 3.79. The highest BCUT2D eigenvalue weighted by atomic mass is 32.2. The van der Waals surface area contributed by atoms with Crippen molar-refractivity contribution in [3.63, 3.8) is 0 Å². The molecule has 9 nitrogen and oxygen atoms in total. The number of amides is 1. The van der Waals surface area contributed by atoms with Crippen LogP contribution in [0, 0.1) is 0 Å². The molecule has 0 aromatic carbocycles. The van der Waals surface area contributed by atoms with Crippen LogP contribution in [0.1, 0.15) is 10.6 Å². The maximum absolute atomic E-state index is 12.1. The van der Waals surface area contributed by atoms with E-state index in [-0.39, 0.29) is 5.76 Å². The van der Waals surface area contributed by atoms with Gasteiger partial charge < -0.3 is 19.8 Å². The Labute approximate surface area is 159 Å². The summed E-state index contributed by atoms with van der Waals surface area (Å²) in [4.78, 5) is 32.0. The molecule has 1 amide bonds. The fourth-order valence-electron chi connectivity index (χ4n) is 2.77. The Morgan fingerprint density at radius 3 is 2.59 bits per heavy atom. The number of carbonyl (C=O) groups is 1. The van der Waals surface area contributed by atoms with Gasteiger partial charge in [0.05, 0.1) is 29.4 Å². The molecule has 10 heteroatoms. The number of carbonyl (C=O) groups excluding carboxylic acids is 1. The number of morpholine rings is 1. The summed E-state index contributed by atoms with van der Waals surface area (Å²) in [6, 6.07) is 1.71. The van der Waals surface area contributed by atoms with Crippen LogP contribution in [0.25, 0.3) is 11.3 Å². The van der Waals surface area contributed by atoms with E-state index in [1.54, 1.807) is 24.7 Å². The van der Waals surface area contributed by atoms with Gasteiger partial charge in [0.25, 0.3) is 5.91 Å². The average Bonchev–Trinajstić information content (AvgIpc) is 3.09. The second-order valence-electron chi connectivity index (χ2n) is 5.67. The van der Waals surface area contributed by atoms with Gasteiger partial charge in [-0.15, -0.1) is 0 Å². The van der Waals surface area contributed by atoms with Crippen molar-refractivity contribution in [3.05, 3.63) is 43.1 Å². The Balaban J connectivity index is 1.88. The van der Waals surface area contributed by atoms with E-state index in [1.165, 1.54) is 24.4 Å². The molecule has 1 aliphatic rings. The number of furan rings is 1. The minimum Gasteiger partial charge on any atom is -0.433 e. The molecule has 1 aliphatic heterocycles. The Kier molecular flexibility index (Phi) is 4.99. The third-order valence-electron chi connectivity index (χ3n) is 3.96. The maximum Gasteiger partial charge on any atom is 0.285 e. The highest BCUT2D eigenvalue weighted by Crippen LogP contribution is 2.45. The first-order chi connectivity index (χ1) is 13.2. The number of nitrogens with zero attached hydrogens (tertiary/aromatic N) is 5. The lowest BCUT2D eigenvalue weighted by atomic mass is 10.1. The molecule has 4 rings (SSSR count). The van der Waals surface area contributed by atoms with Crippen molar-refractivity contribution in [1.29, 1.82) is 0 Å². The molecule has 0 saturated carbocycles. The highest BCUT2D eigenvalue weighted by molar-refractivity contribution is 7.99. The molecular weight excluding hydrogens is 368 g/mol. The lowest BCUT2D eigenvalue weighted by Gasteiger charge is -2.27. The largest absolute Gasteiger partial charge is 0.433 e. The molecule has 0 unspecified atom stereocenters. The zero-order valence-electron chi connectivity index (χ0n) is 14.2. The maximum atomic E-state index is 12.1. The van der Waals surface area contributed by atoms with Crippen molar-refractivity contribution in [2.24, 2.45) is 5.73 Å². The molecule has 1 fully saturated rings. The van der Waals surface area contributed by atoms with Crippen molar-refractivity contribution < 1.29 is 13.9 Å². The van der Waals surface area contributed by atoms with Gasteiger partial charge in [-0.1, -0.05) is 11.8 Å². The van der Waals surface area contributed by atoms with Gasteiger partial charge in [-0.2, -0.15) is 0 Å². The minimum atomic E-state index is -0.658. The number of aromatic nitrogens is 4. The number of anilines is 1. The smallest absolute Gasteiger partial charge is 0.285 e. The van der Waals surface area contributed by atoms with E-state index < -0.39 is 5.91 Å². The topological polar surface area (TPSA) is 120 Å². The van der Waals surface area contributed by atoms with Gasteiger partial charge in [0.15, 0.2) is 0 Å². The zero-order valence-corrected chi connectivity index (χ0v) is 15.1. The molecule has 3 aromatic heterocycles. The van der Waals surface area contributed by atoms with Crippen LogP contribution in [0.15, 0.2) is 51.5 Å². The lowest BCUT2D eigenvalue weighted by molar-refractivity contribution is 0.0973. The molecule has 0 bridgehead atoms. The van der Waals surface area contributed by atoms with Crippen LogP contribution in [-0.4, -0.2) is 52.1 Å². The van der Waals surface area contributed by atoms with Crippen LogP contribution in [0.2, 0.25) is 0 Å². The number of hydrogen-bond acceptors (Lipinski definition) is 9. The Bertz CT molecular complexity index is 929. The molecule has 0 spiro atoms. The van der Waals surface area contributed by atoms with Crippen molar-refractivity contribution in [2.45, 2.75) is 9.79 Å². The third-order valence-corrected chi connectivity index (χ3v) is 4.99. The second-order valence-corrected chi connectivity index (χ2v) is 6.76. The zero-order chi connectivity index (χ0) is 18.6. The van der Waals surface area contributed by atoms with Gasteiger partial charge in [0.2, 0.25) is 11.6 Å². The van der Waals surface area contributed by atoms with Crippen LogP contribution in [-0.2, 0) is 4.74 Å². The van der Waals surface area contributed by atoms with E-state index in [4.69, 9.17) is 14.9 Å². The van der Waals surface area contributed by atoms with E-state index >= 15 is 0 Å². The highest BCUT2D eigenvalue weighted by Gasteiger charge is 2.30. The van der Waals surface area contributed by atoms with Crippen LogP contribution >= 0.6 is 11.8 Å². The second kappa shape index (κ2) is 7.72. The van der Waals surface area contributed by atoms with Gasteiger partial charge in [0, 0.05) is 36.6 Å². The van der Waals surface area contributed by atoms with Crippen LogP contribution < -0.4 is 10.6 Å². The van der Waals surface area contributed by atoms with Crippen molar-refractivity contribution in [2.75, 3.05) is 31.2 Å². The molecule has 1 saturated heterocycles. The molecule has 0 atom stereocenters. The first-order valence-corrected chi connectivity index (χ1v) is 9.04. The van der Waals surface area contributed by atoms with E-state index in [2.05, 4.69) is 19.9 Å². The summed E-state index contributed by atoms with van der Waals surface area (Å²) < 4.78 is 11.4.